The second kappa shape index (κ2) is 10.8. The third-order valence-electron chi connectivity index (χ3n) is 4.79. The van der Waals surface area contributed by atoms with E-state index in [9.17, 15) is 0 Å². The number of H-pyrrole nitrogens is 1. The standard InChI is InChI=1S/C20H30N4O.HI/c1-3-21-20(24(2)14-16-10-12-25-15-16)22-11-6-7-17-13-23-19-9-5-4-8-18(17)19;/h4-5,8-9,13,16,23H,3,6-7,10-12,14-15H2,1-2H3,(H,21,22);1H. The monoisotopic (exact) mass is 470 g/mol. The Labute approximate surface area is 173 Å². The van der Waals surface area contributed by atoms with Gasteiger partial charge in [-0.3, -0.25) is 4.99 Å². The van der Waals surface area contributed by atoms with Gasteiger partial charge >= 0.3 is 0 Å². The molecule has 1 aliphatic rings. The van der Waals surface area contributed by atoms with Crippen LogP contribution in [-0.4, -0.2) is 55.7 Å². The van der Waals surface area contributed by atoms with Gasteiger partial charge in [0.25, 0.3) is 0 Å². The van der Waals surface area contributed by atoms with Crippen LogP contribution in [0.2, 0.25) is 0 Å². The van der Waals surface area contributed by atoms with Gasteiger partial charge in [-0.25, -0.2) is 0 Å². The number of para-hydroxylation sites is 1. The Kier molecular flexibility index (Phi) is 8.71. The third-order valence-corrected chi connectivity index (χ3v) is 4.79. The zero-order valence-electron chi connectivity index (χ0n) is 15.8. The number of aromatic amines is 1. The fourth-order valence-electron chi connectivity index (χ4n) is 3.46. The molecule has 3 rings (SSSR count). The molecule has 2 N–H and O–H groups in total. The predicted molar refractivity (Wildman–Crippen MR) is 120 cm³/mol. The molecule has 0 spiro atoms. The Morgan fingerprint density at radius 3 is 3.00 bits per heavy atom. The Hall–Kier alpha value is -1.28. The van der Waals surface area contributed by atoms with Crippen molar-refractivity contribution in [1.29, 1.82) is 0 Å². The van der Waals surface area contributed by atoms with E-state index in [1.54, 1.807) is 0 Å². The number of rotatable bonds is 7. The average Bonchev–Trinajstić information content (AvgIpc) is 3.27. The molecule has 26 heavy (non-hydrogen) atoms. The summed E-state index contributed by atoms with van der Waals surface area (Å²) in [6, 6.07) is 8.48. The SMILES string of the molecule is CCNC(=NCCCc1c[nH]c2ccccc12)N(C)CC1CCOC1.I. The number of hydrogen-bond donors (Lipinski definition) is 2. The first-order chi connectivity index (χ1) is 12.3. The number of aromatic nitrogens is 1. The van der Waals surface area contributed by atoms with Crippen LogP contribution in [0.5, 0.6) is 0 Å². The van der Waals surface area contributed by atoms with Crippen LogP contribution in [0.4, 0.5) is 0 Å². The molecule has 1 aromatic heterocycles. The lowest BCUT2D eigenvalue weighted by Crippen LogP contribution is -2.41. The molecular formula is C20H31IN4O. The Morgan fingerprint density at radius 2 is 2.23 bits per heavy atom. The smallest absolute Gasteiger partial charge is 0.193 e. The van der Waals surface area contributed by atoms with E-state index in [1.165, 1.54) is 16.5 Å². The van der Waals surface area contributed by atoms with Gasteiger partial charge in [0.1, 0.15) is 0 Å². The topological polar surface area (TPSA) is 52.7 Å². The first kappa shape index (κ1) is 21.0. The maximum Gasteiger partial charge on any atom is 0.193 e. The summed E-state index contributed by atoms with van der Waals surface area (Å²) < 4.78 is 5.48. The summed E-state index contributed by atoms with van der Waals surface area (Å²) in [5.41, 5.74) is 2.60. The van der Waals surface area contributed by atoms with Gasteiger partial charge in [0.15, 0.2) is 5.96 Å². The number of aliphatic imine (C=N–C) groups is 1. The van der Waals surface area contributed by atoms with Crippen molar-refractivity contribution >= 4 is 40.8 Å². The molecule has 1 fully saturated rings. The predicted octanol–water partition coefficient (Wildman–Crippen LogP) is 3.65. The molecule has 0 saturated carbocycles. The highest BCUT2D eigenvalue weighted by Gasteiger charge is 2.18. The summed E-state index contributed by atoms with van der Waals surface area (Å²) in [5.74, 6) is 1.63. The molecule has 5 nitrogen and oxygen atoms in total. The minimum Gasteiger partial charge on any atom is -0.381 e. The van der Waals surface area contributed by atoms with E-state index < -0.39 is 0 Å². The molecule has 6 heteroatoms. The van der Waals surface area contributed by atoms with Crippen molar-refractivity contribution < 1.29 is 4.74 Å². The van der Waals surface area contributed by atoms with Gasteiger partial charge in [0, 0.05) is 56.3 Å². The van der Waals surface area contributed by atoms with Crippen LogP contribution in [0, 0.1) is 5.92 Å². The molecule has 0 radical (unpaired) electrons. The zero-order chi connectivity index (χ0) is 17.5. The van der Waals surface area contributed by atoms with E-state index in [0.717, 1.165) is 58.1 Å². The van der Waals surface area contributed by atoms with E-state index in [0.29, 0.717) is 5.92 Å². The molecule has 0 aliphatic carbocycles. The number of fused-ring (bicyclic) bond motifs is 1. The summed E-state index contributed by atoms with van der Waals surface area (Å²) in [6.45, 7) is 6.64. The minimum atomic E-state index is 0. The van der Waals surface area contributed by atoms with Crippen LogP contribution in [0.25, 0.3) is 10.9 Å². The summed E-state index contributed by atoms with van der Waals surface area (Å²) in [7, 11) is 2.12. The molecule has 1 aromatic carbocycles. The van der Waals surface area contributed by atoms with Crippen LogP contribution >= 0.6 is 24.0 Å². The number of guanidine groups is 1. The van der Waals surface area contributed by atoms with E-state index in [4.69, 9.17) is 9.73 Å². The molecule has 0 bridgehead atoms. The number of nitrogens with one attached hydrogen (secondary N) is 2. The van der Waals surface area contributed by atoms with Gasteiger partial charge in [-0.2, -0.15) is 0 Å². The maximum atomic E-state index is 5.48. The molecule has 0 amide bonds. The number of hydrogen-bond acceptors (Lipinski definition) is 2. The Balaban J connectivity index is 0.00000243. The van der Waals surface area contributed by atoms with Gasteiger partial charge in [0.2, 0.25) is 0 Å². The zero-order valence-corrected chi connectivity index (χ0v) is 18.2. The molecule has 2 heterocycles. The molecule has 2 aromatic rings. The lowest BCUT2D eigenvalue weighted by Gasteiger charge is -2.24. The molecule has 1 saturated heterocycles. The summed E-state index contributed by atoms with van der Waals surface area (Å²) in [6.07, 6.45) is 5.39. The van der Waals surface area contributed by atoms with Crippen LogP contribution in [0.3, 0.4) is 0 Å². The van der Waals surface area contributed by atoms with Crippen LogP contribution in [0.15, 0.2) is 35.5 Å². The van der Waals surface area contributed by atoms with Gasteiger partial charge in [-0.05, 0) is 37.8 Å². The van der Waals surface area contributed by atoms with Crippen molar-refractivity contribution in [1.82, 2.24) is 15.2 Å². The summed E-state index contributed by atoms with van der Waals surface area (Å²) in [4.78, 5) is 10.4. The molecular weight excluding hydrogens is 439 g/mol. The van der Waals surface area contributed by atoms with E-state index in [-0.39, 0.29) is 24.0 Å². The van der Waals surface area contributed by atoms with Gasteiger partial charge in [-0.1, -0.05) is 18.2 Å². The first-order valence-electron chi connectivity index (χ1n) is 9.40. The highest BCUT2D eigenvalue weighted by atomic mass is 127. The average molecular weight is 470 g/mol. The van der Waals surface area contributed by atoms with Crippen molar-refractivity contribution in [3.63, 3.8) is 0 Å². The highest BCUT2D eigenvalue weighted by molar-refractivity contribution is 14.0. The highest BCUT2D eigenvalue weighted by Crippen LogP contribution is 2.19. The molecule has 144 valence electrons. The summed E-state index contributed by atoms with van der Waals surface area (Å²) in [5, 5.41) is 4.74. The van der Waals surface area contributed by atoms with Crippen LogP contribution in [-0.2, 0) is 11.2 Å². The van der Waals surface area contributed by atoms with E-state index in [1.807, 2.05) is 0 Å². The normalized spacial score (nSPS) is 17.3. The van der Waals surface area contributed by atoms with Crippen molar-refractivity contribution in [2.45, 2.75) is 26.2 Å². The molecule has 1 unspecified atom stereocenters. The van der Waals surface area contributed by atoms with Crippen LogP contribution < -0.4 is 5.32 Å². The molecule has 1 atom stereocenters. The van der Waals surface area contributed by atoms with E-state index in [2.05, 4.69) is 59.6 Å². The number of halogens is 1. The quantitative estimate of drug-likeness (QED) is 0.281. The fourth-order valence-corrected chi connectivity index (χ4v) is 3.46. The third kappa shape index (κ3) is 5.61. The lowest BCUT2D eigenvalue weighted by atomic mass is 10.1. The lowest BCUT2D eigenvalue weighted by molar-refractivity contribution is 0.181. The molecule has 1 aliphatic heterocycles. The van der Waals surface area contributed by atoms with Crippen molar-refractivity contribution in [3.8, 4) is 0 Å². The summed E-state index contributed by atoms with van der Waals surface area (Å²) >= 11 is 0. The second-order valence-electron chi connectivity index (χ2n) is 6.81. The maximum absolute atomic E-state index is 5.48. The van der Waals surface area contributed by atoms with Crippen molar-refractivity contribution in [2.75, 3.05) is 39.9 Å². The van der Waals surface area contributed by atoms with Crippen LogP contribution in [0.1, 0.15) is 25.3 Å². The van der Waals surface area contributed by atoms with Crippen molar-refractivity contribution in [3.05, 3.63) is 36.0 Å². The Bertz CT molecular complexity index is 694. The number of benzene rings is 1. The van der Waals surface area contributed by atoms with Gasteiger partial charge in [0.05, 0.1) is 6.61 Å². The van der Waals surface area contributed by atoms with Gasteiger partial charge in [-0.15, -0.1) is 24.0 Å². The first-order valence-corrected chi connectivity index (χ1v) is 9.40. The number of ether oxygens (including phenoxy) is 1. The number of aryl methyl sites for hydroxylation is 1. The largest absolute Gasteiger partial charge is 0.381 e. The van der Waals surface area contributed by atoms with Crippen molar-refractivity contribution in [2.24, 2.45) is 10.9 Å². The fraction of sp³-hybridized carbons (Fsp3) is 0.550. The number of nitrogens with zero attached hydrogens (tertiary/aromatic N) is 2. The minimum absolute atomic E-state index is 0. The van der Waals surface area contributed by atoms with Gasteiger partial charge < -0.3 is 19.9 Å². The van der Waals surface area contributed by atoms with E-state index >= 15 is 0 Å². The second-order valence-corrected chi connectivity index (χ2v) is 6.81. The Morgan fingerprint density at radius 1 is 1.38 bits per heavy atom.